The Morgan fingerprint density at radius 2 is 2.00 bits per heavy atom. The second kappa shape index (κ2) is 4.13. The summed E-state index contributed by atoms with van der Waals surface area (Å²) in [5.74, 6) is 0. The van der Waals surface area contributed by atoms with Crippen LogP contribution in [0.3, 0.4) is 0 Å². The lowest BCUT2D eigenvalue weighted by molar-refractivity contribution is -0.385. The van der Waals surface area contributed by atoms with E-state index in [0.717, 1.165) is 0 Å². The Morgan fingerprint density at radius 3 is 2.46 bits per heavy atom. The molecule has 0 saturated heterocycles. The molecule has 1 rings (SSSR count). The molecule has 0 fully saturated rings. The Bertz CT molecular complexity index is 341. The van der Waals surface area contributed by atoms with Gasteiger partial charge in [-0.1, -0.05) is 34.8 Å². The molecule has 0 bridgehead atoms. The number of nitro benzene ring substituents is 1. The van der Waals surface area contributed by atoms with Crippen molar-refractivity contribution in [3.8, 4) is 0 Å². The van der Waals surface area contributed by atoms with Gasteiger partial charge in [-0.25, -0.2) is 0 Å². The largest absolute Gasteiger partial charge is 0.275 e. The molecular formula is C7H4Cl3NO2. The van der Waals surface area contributed by atoms with Crippen molar-refractivity contribution in [2.75, 3.05) is 0 Å². The van der Waals surface area contributed by atoms with Gasteiger partial charge in [0.05, 0.1) is 10.5 Å². The van der Waals surface area contributed by atoms with Gasteiger partial charge in [-0.15, -0.1) is 0 Å². The van der Waals surface area contributed by atoms with Gasteiger partial charge in [-0.05, 0) is 12.1 Å². The fourth-order valence-electron chi connectivity index (χ4n) is 0.866. The summed E-state index contributed by atoms with van der Waals surface area (Å²) in [6.45, 7) is 0. The summed E-state index contributed by atoms with van der Waals surface area (Å²) in [7, 11) is 0. The average Bonchev–Trinajstić information content (AvgIpc) is 2.03. The molecule has 0 spiro atoms. The van der Waals surface area contributed by atoms with Crippen LogP contribution in [-0.4, -0.2) is 4.92 Å². The van der Waals surface area contributed by atoms with Gasteiger partial charge in [0.15, 0.2) is 0 Å². The summed E-state index contributed by atoms with van der Waals surface area (Å²) >= 11 is 16.7. The van der Waals surface area contributed by atoms with Crippen LogP contribution in [0.4, 0.5) is 5.69 Å². The Balaban J connectivity index is 3.26. The third kappa shape index (κ3) is 2.46. The first kappa shape index (κ1) is 10.6. The van der Waals surface area contributed by atoms with Crippen LogP contribution in [0.1, 0.15) is 10.4 Å². The SMILES string of the molecule is O=[N+]([O-])c1ccc(Cl)cc1C(Cl)Cl. The van der Waals surface area contributed by atoms with E-state index in [1.54, 1.807) is 0 Å². The van der Waals surface area contributed by atoms with Crippen molar-refractivity contribution in [1.29, 1.82) is 0 Å². The Morgan fingerprint density at radius 1 is 1.38 bits per heavy atom. The number of alkyl halides is 2. The van der Waals surface area contributed by atoms with Crippen molar-refractivity contribution < 1.29 is 4.92 Å². The average molecular weight is 240 g/mol. The first-order valence-corrected chi connectivity index (χ1v) is 4.49. The molecule has 1 aromatic rings. The van der Waals surface area contributed by atoms with Gasteiger partial charge >= 0.3 is 0 Å². The molecule has 3 nitrogen and oxygen atoms in total. The van der Waals surface area contributed by atoms with Gasteiger partial charge in [0.2, 0.25) is 0 Å². The first-order chi connectivity index (χ1) is 6.02. The number of hydrogen-bond donors (Lipinski definition) is 0. The number of nitrogens with zero attached hydrogens (tertiary/aromatic N) is 1. The molecular weight excluding hydrogens is 236 g/mol. The van der Waals surface area contributed by atoms with Gasteiger partial charge in [0.25, 0.3) is 5.69 Å². The minimum absolute atomic E-state index is 0.126. The van der Waals surface area contributed by atoms with Crippen molar-refractivity contribution in [2.24, 2.45) is 0 Å². The number of benzene rings is 1. The molecule has 0 unspecified atom stereocenters. The lowest BCUT2D eigenvalue weighted by atomic mass is 10.2. The second-order valence-corrected chi connectivity index (χ2v) is 3.79. The van der Waals surface area contributed by atoms with Gasteiger partial charge < -0.3 is 0 Å². The first-order valence-electron chi connectivity index (χ1n) is 3.24. The molecule has 0 aliphatic heterocycles. The van der Waals surface area contributed by atoms with E-state index in [4.69, 9.17) is 34.8 Å². The third-order valence-corrected chi connectivity index (χ3v) is 2.13. The monoisotopic (exact) mass is 239 g/mol. The highest BCUT2D eigenvalue weighted by atomic mass is 35.5. The van der Waals surface area contributed by atoms with Crippen molar-refractivity contribution in [1.82, 2.24) is 0 Å². The van der Waals surface area contributed by atoms with E-state index in [2.05, 4.69) is 0 Å². The quantitative estimate of drug-likeness (QED) is 0.449. The van der Waals surface area contributed by atoms with Crippen molar-refractivity contribution >= 4 is 40.5 Å². The van der Waals surface area contributed by atoms with E-state index in [9.17, 15) is 10.1 Å². The molecule has 0 aromatic heterocycles. The molecule has 1 aromatic carbocycles. The number of halogens is 3. The predicted molar refractivity (Wildman–Crippen MR) is 52.6 cm³/mol. The second-order valence-electron chi connectivity index (χ2n) is 2.26. The molecule has 70 valence electrons. The van der Waals surface area contributed by atoms with E-state index >= 15 is 0 Å². The van der Waals surface area contributed by atoms with Gasteiger partial charge in [-0.2, -0.15) is 0 Å². The highest BCUT2D eigenvalue weighted by Crippen LogP contribution is 2.34. The molecule has 0 saturated carbocycles. The van der Waals surface area contributed by atoms with Crippen molar-refractivity contribution in [3.63, 3.8) is 0 Å². The van der Waals surface area contributed by atoms with E-state index in [-0.39, 0.29) is 11.3 Å². The molecule has 0 aliphatic carbocycles. The van der Waals surface area contributed by atoms with Crippen LogP contribution in [0.2, 0.25) is 5.02 Å². The summed E-state index contributed by atoms with van der Waals surface area (Å²) < 4.78 is 0. The maximum atomic E-state index is 10.5. The van der Waals surface area contributed by atoms with Crippen LogP contribution in [0, 0.1) is 10.1 Å². The number of rotatable bonds is 2. The maximum Gasteiger partial charge on any atom is 0.275 e. The summed E-state index contributed by atoms with van der Waals surface area (Å²) in [5.41, 5.74) is 0.0835. The Labute approximate surface area is 89.4 Å². The number of nitro groups is 1. The van der Waals surface area contributed by atoms with Crippen LogP contribution < -0.4 is 0 Å². The minimum Gasteiger partial charge on any atom is -0.258 e. The smallest absolute Gasteiger partial charge is 0.258 e. The zero-order valence-electron chi connectivity index (χ0n) is 6.21. The van der Waals surface area contributed by atoms with Gasteiger partial charge in [0, 0.05) is 11.1 Å². The van der Waals surface area contributed by atoms with E-state index in [1.165, 1.54) is 18.2 Å². The zero-order chi connectivity index (χ0) is 10.0. The molecule has 0 atom stereocenters. The Hall–Kier alpha value is -0.510. The molecule has 0 heterocycles. The Kier molecular flexibility index (Phi) is 3.36. The standard InChI is InChI=1S/C7H4Cl3NO2/c8-4-1-2-6(11(12)13)5(3-4)7(9)10/h1-3,7H. The summed E-state index contributed by atoms with van der Waals surface area (Å²) in [6.07, 6.45) is 0. The van der Waals surface area contributed by atoms with E-state index in [0.29, 0.717) is 5.02 Å². The molecule has 0 aliphatic rings. The van der Waals surface area contributed by atoms with Crippen LogP contribution in [0.5, 0.6) is 0 Å². The normalized spacial score (nSPS) is 10.5. The minimum atomic E-state index is -0.945. The zero-order valence-corrected chi connectivity index (χ0v) is 8.47. The lowest BCUT2D eigenvalue weighted by Gasteiger charge is -2.02. The van der Waals surface area contributed by atoms with Crippen LogP contribution in [-0.2, 0) is 0 Å². The number of hydrogen-bond acceptors (Lipinski definition) is 2. The van der Waals surface area contributed by atoms with Gasteiger partial charge in [0.1, 0.15) is 4.84 Å². The lowest BCUT2D eigenvalue weighted by Crippen LogP contribution is -1.94. The molecule has 0 amide bonds. The highest BCUT2D eigenvalue weighted by molar-refractivity contribution is 6.44. The van der Waals surface area contributed by atoms with Crippen LogP contribution in [0.25, 0.3) is 0 Å². The fraction of sp³-hybridized carbons (Fsp3) is 0.143. The van der Waals surface area contributed by atoms with Crippen LogP contribution >= 0.6 is 34.8 Å². The van der Waals surface area contributed by atoms with E-state index in [1.807, 2.05) is 0 Å². The molecule has 6 heteroatoms. The van der Waals surface area contributed by atoms with Crippen LogP contribution in [0.15, 0.2) is 18.2 Å². The highest BCUT2D eigenvalue weighted by Gasteiger charge is 2.18. The molecule has 0 N–H and O–H groups in total. The summed E-state index contributed by atoms with van der Waals surface area (Å²) in [4.78, 5) is 8.99. The molecule has 0 radical (unpaired) electrons. The fourth-order valence-corrected chi connectivity index (χ4v) is 1.40. The molecule has 13 heavy (non-hydrogen) atoms. The topological polar surface area (TPSA) is 43.1 Å². The van der Waals surface area contributed by atoms with Gasteiger partial charge in [-0.3, -0.25) is 10.1 Å². The van der Waals surface area contributed by atoms with E-state index < -0.39 is 9.76 Å². The maximum absolute atomic E-state index is 10.5. The predicted octanol–water partition coefficient (Wildman–Crippen LogP) is 3.72. The van der Waals surface area contributed by atoms with Crippen molar-refractivity contribution in [2.45, 2.75) is 4.84 Å². The summed E-state index contributed by atoms with van der Waals surface area (Å²) in [6, 6.07) is 4.07. The van der Waals surface area contributed by atoms with Crippen molar-refractivity contribution in [3.05, 3.63) is 38.9 Å². The summed E-state index contributed by atoms with van der Waals surface area (Å²) in [5, 5.41) is 10.9. The third-order valence-electron chi connectivity index (χ3n) is 1.42.